The first-order chi connectivity index (χ1) is 10.4. The molecular formula is C19H35NO. The molecule has 2 nitrogen and oxygen atoms in total. The average Bonchev–Trinajstić information content (AvgIpc) is 3.01. The Hall–Kier alpha value is -0.0800. The van der Waals surface area contributed by atoms with E-state index in [0.29, 0.717) is 6.10 Å². The third kappa shape index (κ3) is 4.01. The van der Waals surface area contributed by atoms with Crippen LogP contribution in [0.5, 0.6) is 0 Å². The van der Waals surface area contributed by atoms with Gasteiger partial charge in [0.05, 0.1) is 6.10 Å². The highest BCUT2D eigenvalue weighted by molar-refractivity contribution is 4.88. The Kier molecular flexibility index (Phi) is 5.99. The van der Waals surface area contributed by atoms with Crippen LogP contribution in [-0.4, -0.2) is 25.3 Å². The first kappa shape index (κ1) is 15.8. The second-order valence-electron chi connectivity index (χ2n) is 7.73. The molecule has 0 amide bonds. The van der Waals surface area contributed by atoms with Crippen molar-refractivity contribution in [1.82, 2.24) is 5.32 Å². The summed E-state index contributed by atoms with van der Waals surface area (Å²) in [4.78, 5) is 0. The zero-order valence-corrected chi connectivity index (χ0v) is 14.0. The van der Waals surface area contributed by atoms with Crippen molar-refractivity contribution in [2.75, 3.05) is 13.2 Å². The number of nitrogens with one attached hydrogen (secondary N) is 1. The van der Waals surface area contributed by atoms with E-state index in [-0.39, 0.29) is 0 Å². The molecule has 2 saturated carbocycles. The van der Waals surface area contributed by atoms with E-state index in [1.165, 1.54) is 77.2 Å². The van der Waals surface area contributed by atoms with Crippen LogP contribution < -0.4 is 5.32 Å². The van der Waals surface area contributed by atoms with E-state index in [9.17, 15) is 0 Å². The van der Waals surface area contributed by atoms with E-state index in [1.54, 1.807) is 0 Å². The third-order valence-electron chi connectivity index (χ3n) is 6.47. The van der Waals surface area contributed by atoms with Crippen molar-refractivity contribution in [3.8, 4) is 0 Å². The van der Waals surface area contributed by atoms with Crippen molar-refractivity contribution in [1.29, 1.82) is 0 Å². The zero-order valence-electron chi connectivity index (χ0n) is 14.0. The highest BCUT2D eigenvalue weighted by Crippen LogP contribution is 2.38. The highest BCUT2D eigenvalue weighted by Gasteiger charge is 2.34. The Morgan fingerprint density at radius 3 is 2.48 bits per heavy atom. The van der Waals surface area contributed by atoms with Crippen LogP contribution in [0, 0.1) is 17.8 Å². The van der Waals surface area contributed by atoms with Gasteiger partial charge in [-0.05, 0) is 43.4 Å². The van der Waals surface area contributed by atoms with E-state index in [0.717, 1.165) is 30.4 Å². The van der Waals surface area contributed by atoms with Crippen LogP contribution in [0.1, 0.15) is 77.6 Å². The topological polar surface area (TPSA) is 21.3 Å². The highest BCUT2D eigenvalue weighted by atomic mass is 16.5. The second-order valence-corrected chi connectivity index (χ2v) is 7.73. The number of hydrogen-bond acceptors (Lipinski definition) is 2. The summed E-state index contributed by atoms with van der Waals surface area (Å²) in [7, 11) is 0. The van der Waals surface area contributed by atoms with Gasteiger partial charge in [-0.15, -0.1) is 0 Å². The number of hydrogen-bond donors (Lipinski definition) is 1. The minimum absolute atomic E-state index is 0.522. The molecule has 1 heterocycles. The van der Waals surface area contributed by atoms with E-state index >= 15 is 0 Å². The minimum Gasteiger partial charge on any atom is -0.378 e. The van der Waals surface area contributed by atoms with Crippen LogP contribution in [0.25, 0.3) is 0 Å². The van der Waals surface area contributed by atoms with Gasteiger partial charge in [-0.25, -0.2) is 0 Å². The van der Waals surface area contributed by atoms with Crippen LogP contribution in [-0.2, 0) is 4.74 Å². The molecule has 3 rings (SSSR count). The Morgan fingerprint density at radius 1 is 0.905 bits per heavy atom. The van der Waals surface area contributed by atoms with Crippen LogP contribution in [0.3, 0.4) is 0 Å². The maximum Gasteiger partial charge on any atom is 0.0613 e. The van der Waals surface area contributed by atoms with Crippen molar-refractivity contribution in [3.05, 3.63) is 0 Å². The lowest BCUT2D eigenvalue weighted by molar-refractivity contribution is 0.0828. The second kappa shape index (κ2) is 7.97. The first-order valence-corrected chi connectivity index (χ1v) is 9.73. The predicted molar refractivity (Wildman–Crippen MR) is 88.5 cm³/mol. The van der Waals surface area contributed by atoms with Gasteiger partial charge in [0, 0.05) is 19.2 Å². The quantitative estimate of drug-likeness (QED) is 0.804. The van der Waals surface area contributed by atoms with Crippen molar-refractivity contribution >= 4 is 0 Å². The molecule has 1 N–H and O–H groups in total. The molecule has 0 aromatic rings. The summed E-state index contributed by atoms with van der Waals surface area (Å²) in [6.45, 7) is 4.46. The van der Waals surface area contributed by atoms with Crippen molar-refractivity contribution in [3.63, 3.8) is 0 Å². The molecule has 3 aliphatic rings. The molecular weight excluding hydrogens is 258 g/mol. The van der Waals surface area contributed by atoms with Crippen LogP contribution in [0.15, 0.2) is 0 Å². The lowest BCUT2D eigenvalue weighted by Crippen LogP contribution is -2.45. The Morgan fingerprint density at radius 2 is 1.67 bits per heavy atom. The summed E-state index contributed by atoms with van der Waals surface area (Å²) >= 11 is 0. The van der Waals surface area contributed by atoms with Crippen LogP contribution >= 0.6 is 0 Å². The molecule has 0 spiro atoms. The maximum absolute atomic E-state index is 5.86. The van der Waals surface area contributed by atoms with Gasteiger partial charge in [-0.3, -0.25) is 0 Å². The van der Waals surface area contributed by atoms with Crippen molar-refractivity contribution in [2.24, 2.45) is 17.8 Å². The van der Waals surface area contributed by atoms with Gasteiger partial charge in [-0.1, -0.05) is 51.9 Å². The van der Waals surface area contributed by atoms with Gasteiger partial charge in [0.15, 0.2) is 0 Å². The lowest BCUT2D eigenvalue weighted by Gasteiger charge is -2.40. The smallest absolute Gasteiger partial charge is 0.0613 e. The number of rotatable bonds is 5. The Balaban J connectivity index is 1.51. The van der Waals surface area contributed by atoms with E-state index in [2.05, 4.69) is 12.2 Å². The lowest BCUT2D eigenvalue weighted by atomic mass is 9.71. The van der Waals surface area contributed by atoms with Crippen LogP contribution in [0.2, 0.25) is 0 Å². The first-order valence-electron chi connectivity index (χ1n) is 9.73. The standard InChI is InChI=1S/C19H35NO/c1-2-19-16(12-13-21-19)14-20-18-11-7-6-10-17(18)15-8-4-3-5-9-15/h15-20H,2-14H2,1H3. The summed E-state index contributed by atoms with van der Waals surface area (Å²) in [5.74, 6) is 2.77. The van der Waals surface area contributed by atoms with Crippen LogP contribution in [0.4, 0.5) is 0 Å². The van der Waals surface area contributed by atoms with Crippen molar-refractivity contribution < 1.29 is 4.74 Å². The number of ether oxygens (including phenoxy) is 1. The van der Waals surface area contributed by atoms with Gasteiger partial charge >= 0.3 is 0 Å². The summed E-state index contributed by atoms with van der Waals surface area (Å²) in [6, 6.07) is 0.806. The molecule has 0 bridgehead atoms. The fourth-order valence-corrected chi connectivity index (χ4v) is 5.22. The Bertz CT molecular complexity index is 300. The molecule has 4 unspecified atom stereocenters. The van der Waals surface area contributed by atoms with Gasteiger partial charge in [-0.2, -0.15) is 0 Å². The predicted octanol–water partition coefficient (Wildman–Crippen LogP) is 4.53. The van der Waals surface area contributed by atoms with Crippen molar-refractivity contribution in [2.45, 2.75) is 89.7 Å². The van der Waals surface area contributed by atoms with E-state index in [1.807, 2.05) is 0 Å². The maximum atomic E-state index is 5.86. The van der Waals surface area contributed by atoms with Gasteiger partial charge in [0.1, 0.15) is 0 Å². The summed E-state index contributed by atoms with van der Waals surface area (Å²) in [6.07, 6.45) is 16.3. The molecule has 3 fully saturated rings. The molecule has 1 saturated heterocycles. The van der Waals surface area contributed by atoms with Gasteiger partial charge in [0.2, 0.25) is 0 Å². The molecule has 21 heavy (non-hydrogen) atoms. The summed E-state index contributed by atoms with van der Waals surface area (Å²) in [5, 5.41) is 4.00. The monoisotopic (exact) mass is 293 g/mol. The molecule has 0 aromatic carbocycles. The molecule has 2 heteroatoms. The van der Waals surface area contributed by atoms with Gasteiger partial charge < -0.3 is 10.1 Å². The zero-order chi connectivity index (χ0) is 14.5. The summed E-state index contributed by atoms with van der Waals surface area (Å²) in [5.41, 5.74) is 0. The molecule has 0 aromatic heterocycles. The largest absolute Gasteiger partial charge is 0.378 e. The normalized spacial score (nSPS) is 38.7. The minimum atomic E-state index is 0.522. The van der Waals surface area contributed by atoms with Gasteiger partial charge in [0.25, 0.3) is 0 Å². The molecule has 1 aliphatic heterocycles. The SMILES string of the molecule is CCC1OCCC1CNC1CCCCC1C1CCCCC1. The van der Waals surface area contributed by atoms with E-state index in [4.69, 9.17) is 4.74 Å². The molecule has 4 atom stereocenters. The fraction of sp³-hybridized carbons (Fsp3) is 1.00. The average molecular weight is 293 g/mol. The third-order valence-corrected chi connectivity index (χ3v) is 6.47. The summed E-state index contributed by atoms with van der Waals surface area (Å²) < 4.78 is 5.86. The fourth-order valence-electron chi connectivity index (χ4n) is 5.22. The molecule has 0 radical (unpaired) electrons. The Labute approximate surface area is 131 Å². The molecule has 122 valence electrons. The molecule has 2 aliphatic carbocycles. The van der Waals surface area contributed by atoms with E-state index < -0.39 is 0 Å².